The standard InChI is InChI=1S/C11H10F3IO2/c1-2-17-9(16)6-7-4-3-5-8(10(7)15)11(12,13)14/h3-5H,2,6H2,1H3. The lowest BCUT2D eigenvalue weighted by Crippen LogP contribution is -2.13. The largest absolute Gasteiger partial charge is 0.466 e. The van der Waals surface area contributed by atoms with Gasteiger partial charge in [0, 0.05) is 3.57 Å². The molecule has 2 nitrogen and oxygen atoms in total. The van der Waals surface area contributed by atoms with E-state index in [4.69, 9.17) is 4.74 Å². The lowest BCUT2D eigenvalue weighted by molar-refractivity contribution is -0.143. The molecule has 1 rings (SSSR count). The summed E-state index contributed by atoms with van der Waals surface area (Å²) < 4.78 is 42.5. The fourth-order valence-electron chi connectivity index (χ4n) is 1.30. The summed E-state index contributed by atoms with van der Waals surface area (Å²) in [5.74, 6) is -0.523. The number of halogens is 4. The summed E-state index contributed by atoms with van der Waals surface area (Å²) in [6, 6.07) is 3.78. The van der Waals surface area contributed by atoms with Crippen molar-refractivity contribution in [2.24, 2.45) is 0 Å². The van der Waals surface area contributed by atoms with Gasteiger partial charge in [-0.2, -0.15) is 13.2 Å². The van der Waals surface area contributed by atoms with E-state index in [-0.39, 0.29) is 16.6 Å². The molecular formula is C11H10F3IO2. The van der Waals surface area contributed by atoms with Crippen molar-refractivity contribution in [3.63, 3.8) is 0 Å². The van der Waals surface area contributed by atoms with Crippen LogP contribution < -0.4 is 0 Å². The Bertz CT molecular complexity index is 416. The van der Waals surface area contributed by atoms with Crippen LogP contribution in [0, 0.1) is 3.57 Å². The Hall–Kier alpha value is -0.790. The first-order chi connectivity index (χ1) is 7.86. The van der Waals surface area contributed by atoms with Crippen LogP contribution in [-0.4, -0.2) is 12.6 Å². The molecule has 0 aliphatic carbocycles. The van der Waals surface area contributed by atoms with Crippen molar-refractivity contribution in [3.05, 3.63) is 32.9 Å². The number of carbonyl (C=O) groups excluding carboxylic acids is 1. The molecule has 0 unspecified atom stereocenters. The second kappa shape index (κ2) is 5.70. The molecule has 0 N–H and O–H groups in total. The van der Waals surface area contributed by atoms with Gasteiger partial charge in [-0.25, -0.2) is 0 Å². The molecule has 0 fully saturated rings. The highest BCUT2D eigenvalue weighted by molar-refractivity contribution is 14.1. The Morgan fingerprint density at radius 2 is 2.06 bits per heavy atom. The minimum atomic E-state index is -4.40. The van der Waals surface area contributed by atoms with Crippen LogP contribution in [-0.2, 0) is 22.1 Å². The van der Waals surface area contributed by atoms with Gasteiger partial charge in [0.2, 0.25) is 0 Å². The number of hydrogen-bond acceptors (Lipinski definition) is 2. The Labute approximate surface area is 110 Å². The average Bonchev–Trinajstić information content (AvgIpc) is 2.19. The normalized spacial score (nSPS) is 11.4. The van der Waals surface area contributed by atoms with Gasteiger partial charge in [-0.1, -0.05) is 12.1 Å². The highest BCUT2D eigenvalue weighted by Gasteiger charge is 2.33. The molecule has 0 amide bonds. The molecular weight excluding hydrogens is 348 g/mol. The summed E-state index contributed by atoms with van der Waals surface area (Å²) >= 11 is 1.60. The smallest absolute Gasteiger partial charge is 0.417 e. The van der Waals surface area contributed by atoms with Gasteiger partial charge in [0.05, 0.1) is 18.6 Å². The average molecular weight is 358 g/mol. The molecule has 0 spiro atoms. The molecule has 0 aliphatic rings. The number of ether oxygens (including phenoxy) is 1. The molecule has 0 aromatic heterocycles. The minimum absolute atomic E-state index is 0.0469. The van der Waals surface area contributed by atoms with E-state index >= 15 is 0 Å². The van der Waals surface area contributed by atoms with Crippen LogP contribution in [0.2, 0.25) is 0 Å². The number of hydrogen-bond donors (Lipinski definition) is 0. The Morgan fingerprint density at radius 1 is 1.41 bits per heavy atom. The van der Waals surface area contributed by atoms with Gasteiger partial charge in [0.25, 0.3) is 0 Å². The minimum Gasteiger partial charge on any atom is -0.466 e. The third kappa shape index (κ3) is 3.86. The maximum atomic E-state index is 12.6. The highest BCUT2D eigenvalue weighted by Crippen LogP contribution is 2.34. The van der Waals surface area contributed by atoms with E-state index in [2.05, 4.69) is 0 Å². The quantitative estimate of drug-likeness (QED) is 0.612. The fourth-order valence-corrected chi connectivity index (χ4v) is 2.16. The zero-order chi connectivity index (χ0) is 13.1. The Balaban J connectivity index is 2.99. The van der Waals surface area contributed by atoms with Crippen molar-refractivity contribution < 1.29 is 22.7 Å². The second-order valence-corrected chi connectivity index (χ2v) is 4.34. The summed E-state index contributed by atoms with van der Waals surface area (Å²) in [4.78, 5) is 11.2. The number of alkyl halides is 3. The fraction of sp³-hybridized carbons (Fsp3) is 0.364. The Morgan fingerprint density at radius 3 is 2.59 bits per heavy atom. The predicted octanol–water partition coefficient (Wildman–Crippen LogP) is 3.42. The van der Waals surface area contributed by atoms with Gasteiger partial charge in [-0.15, -0.1) is 0 Å². The molecule has 0 aliphatic heterocycles. The van der Waals surface area contributed by atoms with Gasteiger partial charge in [-0.05, 0) is 41.1 Å². The number of carbonyl (C=O) groups is 1. The van der Waals surface area contributed by atoms with E-state index in [9.17, 15) is 18.0 Å². The zero-order valence-corrected chi connectivity index (χ0v) is 11.1. The van der Waals surface area contributed by atoms with Crippen molar-refractivity contribution >= 4 is 28.6 Å². The lowest BCUT2D eigenvalue weighted by Gasteiger charge is -2.12. The van der Waals surface area contributed by atoms with E-state index < -0.39 is 17.7 Å². The van der Waals surface area contributed by atoms with E-state index in [0.29, 0.717) is 5.56 Å². The summed E-state index contributed by atoms with van der Waals surface area (Å²) in [5.41, 5.74) is -0.390. The second-order valence-electron chi connectivity index (χ2n) is 3.26. The van der Waals surface area contributed by atoms with Crippen molar-refractivity contribution in [1.82, 2.24) is 0 Å². The highest BCUT2D eigenvalue weighted by atomic mass is 127. The molecule has 0 radical (unpaired) electrons. The van der Waals surface area contributed by atoms with Gasteiger partial charge in [0.15, 0.2) is 0 Å². The van der Waals surface area contributed by atoms with E-state index in [1.165, 1.54) is 12.1 Å². The van der Waals surface area contributed by atoms with Crippen LogP contribution in [0.25, 0.3) is 0 Å². The number of benzene rings is 1. The molecule has 1 aromatic carbocycles. The van der Waals surface area contributed by atoms with E-state index in [1.54, 1.807) is 29.5 Å². The first-order valence-corrected chi connectivity index (χ1v) is 5.94. The lowest BCUT2D eigenvalue weighted by atomic mass is 10.1. The summed E-state index contributed by atoms with van der Waals surface area (Å²) in [6.07, 6.45) is -4.54. The van der Waals surface area contributed by atoms with Crippen molar-refractivity contribution in [3.8, 4) is 0 Å². The maximum absolute atomic E-state index is 12.6. The summed E-state index contributed by atoms with van der Waals surface area (Å²) in [5, 5.41) is 0. The molecule has 94 valence electrons. The van der Waals surface area contributed by atoms with Crippen molar-refractivity contribution in [1.29, 1.82) is 0 Å². The maximum Gasteiger partial charge on any atom is 0.417 e. The predicted molar refractivity (Wildman–Crippen MR) is 64.5 cm³/mol. The SMILES string of the molecule is CCOC(=O)Cc1cccc(C(F)(F)F)c1I. The van der Waals surface area contributed by atoms with Gasteiger partial charge >= 0.3 is 12.1 Å². The van der Waals surface area contributed by atoms with Crippen molar-refractivity contribution in [2.75, 3.05) is 6.61 Å². The Kier molecular flexibility index (Phi) is 4.79. The van der Waals surface area contributed by atoms with E-state index in [0.717, 1.165) is 6.07 Å². The van der Waals surface area contributed by atoms with Crippen LogP contribution in [0.5, 0.6) is 0 Å². The molecule has 17 heavy (non-hydrogen) atoms. The molecule has 0 atom stereocenters. The molecule has 0 saturated heterocycles. The molecule has 1 aromatic rings. The summed E-state index contributed by atoms with van der Waals surface area (Å²) in [7, 11) is 0. The molecule has 0 heterocycles. The van der Waals surface area contributed by atoms with Crippen LogP contribution >= 0.6 is 22.6 Å². The summed E-state index contributed by atoms with van der Waals surface area (Å²) in [6.45, 7) is 1.86. The number of rotatable bonds is 3. The number of esters is 1. The first-order valence-electron chi connectivity index (χ1n) is 4.86. The molecule has 0 saturated carbocycles. The zero-order valence-electron chi connectivity index (χ0n) is 8.97. The topological polar surface area (TPSA) is 26.3 Å². The van der Waals surface area contributed by atoms with Gasteiger partial charge in [-0.3, -0.25) is 4.79 Å². The third-order valence-electron chi connectivity index (χ3n) is 2.02. The van der Waals surface area contributed by atoms with Gasteiger partial charge in [0.1, 0.15) is 0 Å². The molecule has 6 heteroatoms. The first kappa shape index (κ1) is 14.3. The van der Waals surface area contributed by atoms with Crippen LogP contribution in [0.15, 0.2) is 18.2 Å². The van der Waals surface area contributed by atoms with Crippen molar-refractivity contribution in [2.45, 2.75) is 19.5 Å². The third-order valence-corrected chi connectivity index (χ3v) is 3.30. The van der Waals surface area contributed by atoms with Crippen LogP contribution in [0.1, 0.15) is 18.1 Å². The van der Waals surface area contributed by atoms with Crippen LogP contribution in [0.4, 0.5) is 13.2 Å². The van der Waals surface area contributed by atoms with E-state index in [1.807, 2.05) is 0 Å². The monoisotopic (exact) mass is 358 g/mol. The van der Waals surface area contributed by atoms with Crippen LogP contribution in [0.3, 0.4) is 0 Å². The molecule has 0 bridgehead atoms. The van der Waals surface area contributed by atoms with Gasteiger partial charge < -0.3 is 4.74 Å².